The van der Waals surface area contributed by atoms with Gasteiger partial charge in [-0.1, -0.05) is 46.9 Å². The Bertz CT molecular complexity index is 1670. The van der Waals surface area contributed by atoms with Crippen molar-refractivity contribution < 1.29 is 61.1 Å². The number of fused-ring (bicyclic) bond motifs is 1. The summed E-state index contributed by atoms with van der Waals surface area (Å²) in [4.78, 5) is 25.0. The molecule has 4 heterocycles. The molecule has 0 spiro atoms. The molecule has 2 atom stereocenters. The summed E-state index contributed by atoms with van der Waals surface area (Å²) in [6, 6.07) is 7.43. The van der Waals surface area contributed by atoms with Gasteiger partial charge in [-0.15, -0.1) is 15.3 Å². The van der Waals surface area contributed by atoms with E-state index in [1.807, 2.05) is 18.2 Å². The number of aryl methyl sites for hydroxylation is 1. The van der Waals surface area contributed by atoms with Gasteiger partial charge in [0, 0.05) is 5.56 Å². The molecular formula is C21H19N6NaO7S3. The minimum Gasteiger partial charge on any atom is -0.548 e. The molecule has 1 amide bonds. The third kappa shape index (κ3) is 4.52. The number of aliphatic carboxylic acids is 1. The van der Waals surface area contributed by atoms with E-state index < -0.39 is 47.7 Å². The van der Waals surface area contributed by atoms with E-state index in [9.17, 15) is 31.5 Å². The molecule has 2 aliphatic rings. The predicted molar refractivity (Wildman–Crippen MR) is 128 cm³/mol. The second-order valence-electron chi connectivity index (χ2n) is 9.00. The fourth-order valence-electron chi connectivity index (χ4n) is 4.30. The molecule has 0 bridgehead atoms. The number of β-lactam (4-membered cyclic amide) rings is 1. The van der Waals surface area contributed by atoms with Crippen molar-refractivity contribution in [1.29, 1.82) is 0 Å². The molecule has 17 heteroatoms. The molecule has 3 aromatic rings. The van der Waals surface area contributed by atoms with Gasteiger partial charge in [-0.3, -0.25) is 9.48 Å². The number of carbonyl (C=O) groups is 2. The van der Waals surface area contributed by atoms with E-state index in [4.69, 9.17) is 0 Å². The maximum atomic E-state index is 12.9. The van der Waals surface area contributed by atoms with Crippen molar-refractivity contribution in [3.05, 3.63) is 47.8 Å². The van der Waals surface area contributed by atoms with Crippen LogP contribution in [-0.4, -0.2) is 80.7 Å². The minimum absolute atomic E-state index is 0. The van der Waals surface area contributed by atoms with Crippen molar-refractivity contribution in [2.45, 2.75) is 40.9 Å². The van der Waals surface area contributed by atoms with Crippen molar-refractivity contribution in [1.82, 2.24) is 30.1 Å². The summed E-state index contributed by atoms with van der Waals surface area (Å²) in [5, 5.41) is 26.1. The Morgan fingerprint density at radius 1 is 1.18 bits per heavy atom. The van der Waals surface area contributed by atoms with Gasteiger partial charge in [0.25, 0.3) is 5.91 Å². The van der Waals surface area contributed by atoms with E-state index in [1.54, 1.807) is 12.1 Å². The van der Waals surface area contributed by atoms with Crippen LogP contribution in [0.5, 0.6) is 0 Å². The summed E-state index contributed by atoms with van der Waals surface area (Å²) in [5.41, 5.74) is 0.726. The van der Waals surface area contributed by atoms with E-state index >= 15 is 0 Å². The molecule has 0 unspecified atom stereocenters. The van der Waals surface area contributed by atoms with Gasteiger partial charge in [0.2, 0.25) is 14.2 Å². The predicted octanol–water partition coefficient (Wildman–Crippen LogP) is -3.85. The maximum absolute atomic E-state index is 12.9. The van der Waals surface area contributed by atoms with Gasteiger partial charge in [0.05, 0.1) is 40.8 Å². The number of rotatable bonds is 7. The van der Waals surface area contributed by atoms with Crippen molar-refractivity contribution in [2.75, 3.05) is 5.75 Å². The molecule has 2 saturated heterocycles. The molecule has 0 radical (unpaired) electrons. The summed E-state index contributed by atoms with van der Waals surface area (Å²) in [6.07, 6.45) is 2.57. The fraction of sp³-hybridized carbons (Fsp3) is 0.333. The zero-order chi connectivity index (χ0) is 26.8. The molecule has 2 aromatic heterocycles. The molecular weight excluding hydrogens is 567 g/mol. The topological polar surface area (TPSA) is 185 Å². The van der Waals surface area contributed by atoms with E-state index in [-0.39, 0.29) is 57.5 Å². The quantitative estimate of drug-likeness (QED) is 0.150. The summed E-state index contributed by atoms with van der Waals surface area (Å²) < 4.78 is 50.7. The first-order valence-electron chi connectivity index (χ1n) is 10.8. The average molecular weight is 587 g/mol. The van der Waals surface area contributed by atoms with Crippen LogP contribution in [0.3, 0.4) is 0 Å². The largest absolute Gasteiger partial charge is 1.00 e. The Morgan fingerprint density at radius 3 is 2.53 bits per heavy atom. The van der Waals surface area contributed by atoms with Crippen molar-refractivity contribution >= 4 is 49.0 Å². The first-order valence-corrected chi connectivity index (χ1v) is 14.9. The molecule has 0 aliphatic carbocycles. The number of benzene rings is 1. The molecule has 1 aromatic carbocycles. The Balaban J connectivity index is 0.00000336. The first-order chi connectivity index (χ1) is 17.3. The van der Waals surface area contributed by atoms with Crippen LogP contribution in [-0.2, 0) is 35.8 Å². The van der Waals surface area contributed by atoms with E-state index in [1.165, 1.54) is 30.8 Å². The van der Waals surface area contributed by atoms with Crippen LogP contribution in [0.2, 0.25) is 0 Å². The zero-order valence-corrected chi connectivity index (χ0v) is 24.8. The van der Waals surface area contributed by atoms with Crippen LogP contribution in [0.25, 0.3) is 16.6 Å². The van der Waals surface area contributed by atoms with Crippen LogP contribution in [0.4, 0.5) is 0 Å². The number of amides is 1. The smallest absolute Gasteiger partial charge is 0.548 e. The van der Waals surface area contributed by atoms with E-state index in [0.717, 1.165) is 21.8 Å². The standard InChI is InChI=1S/C21H20N6O7S3.Na/c1-21(2)15(19(29)30)27-17(28)14(18(27)37(21,33)34)10-13-11-26(25-22-13)8-9-36(31,32)20-24-23-16(35-20)12-6-4-3-5-7-12;/h3-7,10-11,15,18H,8-9H2,1-2H3,(H,29,30);/q;+1/p-1/b14-10+;/t15-,18+;/m0./s1. The molecule has 2 aliphatic heterocycles. The number of nitrogens with zero attached hydrogens (tertiary/aromatic N) is 6. The third-order valence-corrected chi connectivity index (χ3v) is 12.2. The van der Waals surface area contributed by atoms with Gasteiger partial charge in [0.1, 0.15) is 10.7 Å². The van der Waals surface area contributed by atoms with Gasteiger partial charge in [-0.2, -0.15) is 0 Å². The number of sulfone groups is 2. The maximum Gasteiger partial charge on any atom is 1.00 e. The number of hydrogen-bond acceptors (Lipinski definition) is 12. The molecule has 2 fully saturated rings. The number of carboxylic acids is 1. The van der Waals surface area contributed by atoms with Crippen LogP contribution < -0.4 is 34.7 Å². The summed E-state index contributed by atoms with van der Waals surface area (Å²) in [6.45, 7) is 2.40. The normalized spacial score (nSPS) is 22.5. The summed E-state index contributed by atoms with van der Waals surface area (Å²) in [7, 11) is -7.84. The summed E-state index contributed by atoms with van der Waals surface area (Å²) >= 11 is 0.953. The van der Waals surface area contributed by atoms with Gasteiger partial charge < -0.3 is 14.8 Å². The molecule has 194 valence electrons. The van der Waals surface area contributed by atoms with Crippen molar-refractivity contribution in [3.63, 3.8) is 0 Å². The summed E-state index contributed by atoms with van der Waals surface area (Å²) in [5.74, 6) is -2.75. The third-order valence-electron chi connectivity index (χ3n) is 6.33. The molecule has 38 heavy (non-hydrogen) atoms. The molecule has 5 rings (SSSR count). The molecule has 0 saturated carbocycles. The SMILES string of the molecule is CC1(C)[C@H](C(=O)[O-])N2C(=O)/C(=C\c3cn(CCS(=O)(=O)c4nnc(-c5ccccc5)s4)nn3)[C@H]2S1(=O)=O.[Na+]. The van der Waals surface area contributed by atoms with Crippen molar-refractivity contribution in [3.8, 4) is 10.6 Å². The van der Waals surface area contributed by atoms with Crippen molar-refractivity contribution in [2.24, 2.45) is 0 Å². The van der Waals surface area contributed by atoms with E-state index in [2.05, 4.69) is 20.5 Å². The van der Waals surface area contributed by atoms with Gasteiger partial charge in [0.15, 0.2) is 15.2 Å². The van der Waals surface area contributed by atoms with Crippen LogP contribution >= 0.6 is 11.3 Å². The second-order valence-corrected chi connectivity index (χ2v) is 14.8. The van der Waals surface area contributed by atoms with E-state index in [0.29, 0.717) is 5.01 Å². The van der Waals surface area contributed by atoms with Gasteiger partial charge >= 0.3 is 29.6 Å². The molecule has 13 nitrogen and oxygen atoms in total. The Labute approximate surface area is 243 Å². The van der Waals surface area contributed by atoms with Crippen LogP contribution in [0.1, 0.15) is 19.5 Å². The second kappa shape index (κ2) is 9.91. The fourth-order valence-corrected chi connectivity index (χ4v) is 8.77. The number of carboxylic acid groups (broad SMARTS) is 1. The Hall–Kier alpha value is -2.50. The average Bonchev–Trinajstić information content (AvgIpc) is 3.54. The first kappa shape index (κ1) is 28.5. The minimum atomic E-state index is -4.06. The monoisotopic (exact) mass is 586 g/mol. The number of aromatic nitrogens is 5. The Morgan fingerprint density at radius 2 is 1.87 bits per heavy atom. The van der Waals surface area contributed by atoms with Crippen LogP contribution in [0.15, 0.2) is 46.4 Å². The number of carbonyl (C=O) groups excluding carboxylic acids is 2. The van der Waals surface area contributed by atoms with Gasteiger partial charge in [-0.05, 0) is 19.9 Å². The number of hydrogen-bond donors (Lipinski definition) is 0. The Kier molecular flexibility index (Phi) is 7.44. The molecule has 0 N–H and O–H groups in total. The van der Waals surface area contributed by atoms with Gasteiger partial charge in [-0.25, -0.2) is 16.8 Å². The zero-order valence-electron chi connectivity index (χ0n) is 20.4. The van der Waals surface area contributed by atoms with Crippen LogP contribution in [0, 0.1) is 0 Å².